The molecule has 17 heavy (non-hydrogen) atoms. The van der Waals surface area contributed by atoms with Gasteiger partial charge in [0.05, 0.1) is 0 Å². The summed E-state index contributed by atoms with van der Waals surface area (Å²) in [6, 6.07) is 15.0. The molecule has 2 rings (SSSR count). The Balaban J connectivity index is 1.85. The molecule has 1 aromatic heterocycles. The van der Waals surface area contributed by atoms with Crippen LogP contribution in [0.2, 0.25) is 0 Å². The molecule has 1 aromatic carbocycles. The minimum atomic E-state index is 0.289. The van der Waals surface area contributed by atoms with E-state index in [1.54, 1.807) is 0 Å². The monoisotopic (exact) mass is 246 g/mol. The second kappa shape index (κ2) is 6.58. The van der Waals surface area contributed by atoms with Crippen LogP contribution in [0.25, 0.3) is 0 Å². The molecule has 0 saturated heterocycles. The summed E-state index contributed by atoms with van der Waals surface area (Å²) in [5, 5.41) is 8.79. The van der Waals surface area contributed by atoms with Gasteiger partial charge in [0.25, 0.3) is 0 Å². The van der Waals surface area contributed by atoms with E-state index >= 15 is 0 Å². The van der Waals surface area contributed by atoms with Crippen molar-refractivity contribution in [2.45, 2.75) is 25.7 Å². The molecule has 1 N–H and O–H groups in total. The molecule has 0 atom stereocenters. The second-order valence-electron chi connectivity index (χ2n) is 4.18. The van der Waals surface area contributed by atoms with Crippen LogP contribution in [-0.2, 0) is 19.3 Å². The number of rotatable bonds is 6. The van der Waals surface area contributed by atoms with Gasteiger partial charge in [-0.2, -0.15) is 0 Å². The first-order chi connectivity index (χ1) is 8.38. The van der Waals surface area contributed by atoms with Gasteiger partial charge in [-0.05, 0) is 43.4 Å². The molecule has 2 heteroatoms. The van der Waals surface area contributed by atoms with Crippen LogP contribution >= 0.6 is 11.3 Å². The maximum absolute atomic E-state index is 8.79. The number of aliphatic hydroxyl groups excluding tert-OH is 1. The Bertz CT molecular complexity index is 433. The maximum Gasteiger partial charge on any atom is 0.0434 e. The largest absolute Gasteiger partial charge is 0.396 e. The zero-order chi connectivity index (χ0) is 11.9. The van der Waals surface area contributed by atoms with E-state index in [2.05, 4.69) is 42.5 Å². The predicted octanol–water partition coefficient (Wildman–Crippen LogP) is 3.46. The fraction of sp³-hybridized carbons (Fsp3) is 0.333. The van der Waals surface area contributed by atoms with E-state index in [1.807, 2.05) is 11.3 Å². The van der Waals surface area contributed by atoms with Gasteiger partial charge in [0.15, 0.2) is 0 Å². The summed E-state index contributed by atoms with van der Waals surface area (Å²) < 4.78 is 0. The Kier molecular flexibility index (Phi) is 4.77. The number of benzene rings is 1. The summed E-state index contributed by atoms with van der Waals surface area (Å²) in [5.41, 5.74) is 1.40. The van der Waals surface area contributed by atoms with Crippen molar-refractivity contribution in [1.29, 1.82) is 0 Å². The number of hydrogen-bond donors (Lipinski definition) is 1. The summed E-state index contributed by atoms with van der Waals surface area (Å²) in [6.45, 7) is 0.289. The minimum absolute atomic E-state index is 0.289. The number of aryl methyl sites for hydroxylation is 3. The zero-order valence-corrected chi connectivity index (χ0v) is 10.7. The lowest BCUT2D eigenvalue weighted by Crippen LogP contribution is -1.87. The van der Waals surface area contributed by atoms with E-state index in [-0.39, 0.29) is 6.61 Å². The molecule has 1 nitrogen and oxygen atoms in total. The Morgan fingerprint density at radius 1 is 0.824 bits per heavy atom. The van der Waals surface area contributed by atoms with E-state index in [9.17, 15) is 0 Å². The van der Waals surface area contributed by atoms with Gasteiger partial charge in [0, 0.05) is 16.4 Å². The highest BCUT2D eigenvalue weighted by molar-refractivity contribution is 7.11. The van der Waals surface area contributed by atoms with Crippen molar-refractivity contribution >= 4 is 11.3 Å². The van der Waals surface area contributed by atoms with Gasteiger partial charge in [-0.3, -0.25) is 0 Å². The van der Waals surface area contributed by atoms with E-state index in [1.165, 1.54) is 15.3 Å². The first-order valence-corrected chi connectivity index (χ1v) is 6.92. The second-order valence-corrected chi connectivity index (χ2v) is 5.43. The number of thiophene rings is 1. The van der Waals surface area contributed by atoms with Crippen LogP contribution in [0.15, 0.2) is 42.5 Å². The molecule has 0 amide bonds. The molecule has 90 valence electrons. The molecule has 0 aliphatic rings. The van der Waals surface area contributed by atoms with Gasteiger partial charge in [0.2, 0.25) is 0 Å². The Morgan fingerprint density at radius 2 is 1.53 bits per heavy atom. The highest BCUT2D eigenvalue weighted by Gasteiger charge is 2.00. The van der Waals surface area contributed by atoms with Crippen molar-refractivity contribution in [3.05, 3.63) is 57.8 Å². The molecule has 0 radical (unpaired) electrons. The minimum Gasteiger partial charge on any atom is -0.396 e. The van der Waals surface area contributed by atoms with Crippen molar-refractivity contribution in [2.75, 3.05) is 6.61 Å². The highest BCUT2D eigenvalue weighted by atomic mass is 32.1. The Morgan fingerprint density at radius 3 is 2.24 bits per heavy atom. The average molecular weight is 246 g/mol. The molecular weight excluding hydrogens is 228 g/mol. The fourth-order valence-corrected chi connectivity index (χ4v) is 2.92. The van der Waals surface area contributed by atoms with Crippen LogP contribution in [0.1, 0.15) is 21.7 Å². The van der Waals surface area contributed by atoms with Crippen molar-refractivity contribution < 1.29 is 5.11 Å². The summed E-state index contributed by atoms with van der Waals surface area (Å²) in [6.07, 6.45) is 4.11. The van der Waals surface area contributed by atoms with E-state index in [0.717, 1.165) is 25.7 Å². The van der Waals surface area contributed by atoms with Crippen molar-refractivity contribution in [1.82, 2.24) is 0 Å². The molecule has 2 aromatic rings. The lowest BCUT2D eigenvalue weighted by Gasteiger charge is -1.98. The van der Waals surface area contributed by atoms with Gasteiger partial charge in [-0.1, -0.05) is 30.3 Å². The molecule has 0 fully saturated rings. The molecule has 1 heterocycles. The van der Waals surface area contributed by atoms with Crippen LogP contribution in [-0.4, -0.2) is 11.7 Å². The normalized spacial score (nSPS) is 10.6. The summed E-state index contributed by atoms with van der Waals surface area (Å²) in [7, 11) is 0. The van der Waals surface area contributed by atoms with Crippen LogP contribution < -0.4 is 0 Å². The van der Waals surface area contributed by atoms with Gasteiger partial charge in [-0.15, -0.1) is 11.3 Å². The maximum atomic E-state index is 8.79. The zero-order valence-electron chi connectivity index (χ0n) is 9.93. The van der Waals surface area contributed by atoms with E-state index in [0.29, 0.717) is 0 Å². The fourth-order valence-electron chi connectivity index (χ4n) is 1.86. The van der Waals surface area contributed by atoms with E-state index < -0.39 is 0 Å². The average Bonchev–Trinajstić information content (AvgIpc) is 2.83. The third kappa shape index (κ3) is 3.99. The predicted molar refractivity (Wildman–Crippen MR) is 73.6 cm³/mol. The molecule has 0 aliphatic heterocycles. The van der Waals surface area contributed by atoms with Crippen LogP contribution in [0.5, 0.6) is 0 Å². The molecule has 0 spiro atoms. The van der Waals surface area contributed by atoms with Crippen LogP contribution in [0.4, 0.5) is 0 Å². The number of aliphatic hydroxyl groups is 1. The first-order valence-electron chi connectivity index (χ1n) is 6.11. The quantitative estimate of drug-likeness (QED) is 0.827. The molecule has 0 aliphatic carbocycles. The third-order valence-electron chi connectivity index (χ3n) is 2.80. The van der Waals surface area contributed by atoms with Gasteiger partial charge in [0.1, 0.15) is 0 Å². The number of hydrogen-bond acceptors (Lipinski definition) is 2. The smallest absolute Gasteiger partial charge is 0.0434 e. The lowest BCUT2D eigenvalue weighted by molar-refractivity contribution is 0.289. The van der Waals surface area contributed by atoms with Crippen molar-refractivity contribution in [3.8, 4) is 0 Å². The van der Waals surface area contributed by atoms with Crippen LogP contribution in [0.3, 0.4) is 0 Å². The highest BCUT2D eigenvalue weighted by Crippen LogP contribution is 2.19. The summed E-state index contributed by atoms with van der Waals surface area (Å²) in [5.74, 6) is 0. The summed E-state index contributed by atoms with van der Waals surface area (Å²) >= 11 is 1.88. The van der Waals surface area contributed by atoms with Gasteiger partial charge < -0.3 is 5.11 Å². The van der Waals surface area contributed by atoms with Gasteiger partial charge in [-0.25, -0.2) is 0 Å². The summed E-state index contributed by atoms with van der Waals surface area (Å²) in [4.78, 5) is 2.84. The molecule has 0 unspecified atom stereocenters. The molecular formula is C15H18OS. The Labute approximate surface area is 107 Å². The molecule has 0 bridgehead atoms. The van der Waals surface area contributed by atoms with Crippen LogP contribution in [0, 0.1) is 0 Å². The molecule has 0 saturated carbocycles. The lowest BCUT2D eigenvalue weighted by atomic mass is 10.1. The van der Waals surface area contributed by atoms with Gasteiger partial charge >= 0.3 is 0 Å². The SMILES string of the molecule is OCCCc1ccc(CCc2ccccc2)s1. The van der Waals surface area contributed by atoms with Crippen molar-refractivity contribution in [2.24, 2.45) is 0 Å². The standard InChI is InChI=1S/C15H18OS/c16-12-4-7-14-10-11-15(17-14)9-8-13-5-2-1-3-6-13/h1-3,5-6,10-11,16H,4,7-9,12H2. The third-order valence-corrected chi connectivity index (χ3v) is 4.01. The van der Waals surface area contributed by atoms with E-state index in [4.69, 9.17) is 5.11 Å². The topological polar surface area (TPSA) is 20.2 Å². The van der Waals surface area contributed by atoms with Crippen molar-refractivity contribution in [3.63, 3.8) is 0 Å². The Hall–Kier alpha value is -1.12. The first kappa shape index (κ1) is 12.3.